The van der Waals surface area contributed by atoms with Crippen LogP contribution in [0.5, 0.6) is 0 Å². The molecule has 1 N–H and O–H groups in total. The van der Waals surface area contributed by atoms with Gasteiger partial charge < -0.3 is 5.11 Å². The molecule has 0 aliphatic carbocycles. The van der Waals surface area contributed by atoms with Gasteiger partial charge in [-0.1, -0.05) is 5.11 Å². The molecule has 0 aromatic carbocycles. The summed E-state index contributed by atoms with van der Waals surface area (Å²) >= 11 is 0. The van der Waals surface area contributed by atoms with Gasteiger partial charge in [0.2, 0.25) is 0 Å². The maximum atomic E-state index is 8.82. The summed E-state index contributed by atoms with van der Waals surface area (Å²) in [4.78, 5) is 2.60. The highest BCUT2D eigenvalue weighted by Crippen LogP contribution is 2.38. The highest BCUT2D eigenvalue weighted by atomic mass is 33.1. The van der Waals surface area contributed by atoms with Crippen LogP contribution in [-0.2, 0) is 0 Å². The van der Waals surface area contributed by atoms with Crippen molar-refractivity contribution in [1.29, 1.82) is 0 Å². The van der Waals surface area contributed by atoms with Crippen LogP contribution in [0.4, 0.5) is 0 Å². The van der Waals surface area contributed by atoms with Crippen LogP contribution in [0.25, 0.3) is 10.4 Å². The predicted octanol–water partition coefficient (Wildman–Crippen LogP) is 2.93. The third kappa shape index (κ3) is 1.91. The molecule has 0 aromatic heterocycles. The Morgan fingerprint density at radius 3 is 2.80 bits per heavy atom. The Morgan fingerprint density at radius 2 is 2.30 bits per heavy atom. The molecule has 0 atom stereocenters. The standard InChI is InChI=1S/C4H3N3OS2/c5-7-6-3-1-2-4(8)10-9-3/h1-2,8H. The van der Waals surface area contributed by atoms with Gasteiger partial charge >= 0.3 is 0 Å². The van der Waals surface area contributed by atoms with E-state index >= 15 is 0 Å². The molecule has 1 heterocycles. The summed E-state index contributed by atoms with van der Waals surface area (Å²) in [6.45, 7) is 0. The summed E-state index contributed by atoms with van der Waals surface area (Å²) in [6, 6.07) is 0. The van der Waals surface area contributed by atoms with Crippen molar-refractivity contribution in [2.45, 2.75) is 0 Å². The molecule has 0 saturated heterocycles. The molecule has 1 aliphatic rings. The van der Waals surface area contributed by atoms with Crippen molar-refractivity contribution in [2.75, 3.05) is 0 Å². The quantitative estimate of drug-likeness (QED) is 0.287. The first-order valence-electron chi connectivity index (χ1n) is 2.33. The summed E-state index contributed by atoms with van der Waals surface area (Å²) in [5, 5.41) is 12.9. The number of azide groups is 1. The number of hydrogen-bond donors (Lipinski definition) is 1. The molecule has 0 radical (unpaired) electrons. The Morgan fingerprint density at radius 1 is 1.50 bits per heavy atom. The SMILES string of the molecule is [N-]=[N+]=NC1=CC=C(O)SS1. The smallest absolute Gasteiger partial charge is 0.161 e. The van der Waals surface area contributed by atoms with Gasteiger partial charge in [0, 0.05) is 4.91 Å². The molecular formula is C4H3N3OS2. The lowest BCUT2D eigenvalue weighted by Crippen LogP contribution is -1.75. The van der Waals surface area contributed by atoms with E-state index in [2.05, 4.69) is 10.0 Å². The van der Waals surface area contributed by atoms with Crippen molar-refractivity contribution in [3.63, 3.8) is 0 Å². The third-order valence-electron chi connectivity index (χ3n) is 0.724. The van der Waals surface area contributed by atoms with Crippen molar-refractivity contribution in [3.8, 4) is 0 Å². The van der Waals surface area contributed by atoms with Crippen LogP contribution in [-0.4, -0.2) is 5.11 Å². The van der Waals surface area contributed by atoms with Gasteiger partial charge in [0.15, 0.2) is 5.09 Å². The summed E-state index contributed by atoms with van der Waals surface area (Å²) in [6.07, 6.45) is 3.06. The van der Waals surface area contributed by atoms with E-state index < -0.39 is 0 Å². The zero-order valence-corrected chi connectivity index (χ0v) is 6.39. The molecule has 4 nitrogen and oxygen atoms in total. The summed E-state index contributed by atoms with van der Waals surface area (Å²) in [5.74, 6) is 0. The first-order chi connectivity index (χ1) is 4.83. The van der Waals surface area contributed by atoms with Crippen LogP contribution in [0.3, 0.4) is 0 Å². The largest absolute Gasteiger partial charge is 0.502 e. The normalized spacial score (nSPS) is 16.8. The van der Waals surface area contributed by atoms with Crippen molar-refractivity contribution in [1.82, 2.24) is 0 Å². The summed E-state index contributed by atoms with van der Waals surface area (Å²) in [5.41, 5.74) is 8.00. The fourth-order valence-corrected chi connectivity index (χ4v) is 1.81. The number of aliphatic hydroxyl groups excluding tert-OH is 1. The zero-order valence-electron chi connectivity index (χ0n) is 4.76. The minimum absolute atomic E-state index is 0.224. The van der Waals surface area contributed by atoms with Gasteiger partial charge in [-0.05, 0) is 39.3 Å². The zero-order chi connectivity index (χ0) is 7.40. The summed E-state index contributed by atoms with van der Waals surface area (Å²) < 4.78 is 0. The van der Waals surface area contributed by atoms with Crippen LogP contribution >= 0.6 is 21.6 Å². The number of rotatable bonds is 1. The first-order valence-corrected chi connectivity index (χ1v) is 4.48. The van der Waals surface area contributed by atoms with Crippen LogP contribution in [0, 0.1) is 0 Å². The van der Waals surface area contributed by atoms with Crippen molar-refractivity contribution in [2.24, 2.45) is 5.11 Å². The van der Waals surface area contributed by atoms with Gasteiger partial charge in [-0.25, -0.2) is 0 Å². The molecule has 10 heavy (non-hydrogen) atoms. The number of hydrogen-bond acceptors (Lipinski definition) is 4. The van der Waals surface area contributed by atoms with E-state index in [-0.39, 0.29) is 5.09 Å². The monoisotopic (exact) mass is 173 g/mol. The average Bonchev–Trinajstić information content (AvgIpc) is 1.95. The van der Waals surface area contributed by atoms with E-state index in [1.54, 1.807) is 6.08 Å². The van der Waals surface area contributed by atoms with Crippen molar-refractivity contribution < 1.29 is 5.11 Å². The second-order valence-corrected chi connectivity index (χ2v) is 3.54. The first kappa shape index (κ1) is 7.40. The molecule has 0 unspecified atom stereocenters. The lowest BCUT2D eigenvalue weighted by molar-refractivity contribution is 0.457. The fraction of sp³-hybridized carbons (Fsp3) is 0. The Hall–Kier alpha value is -0.710. The molecule has 1 rings (SSSR count). The minimum atomic E-state index is 0.224. The third-order valence-corrected chi connectivity index (χ3v) is 2.78. The van der Waals surface area contributed by atoms with Gasteiger partial charge in [0.1, 0.15) is 0 Å². The Labute approximate surface area is 65.0 Å². The number of aliphatic hydroxyl groups is 1. The molecule has 0 aromatic rings. The van der Waals surface area contributed by atoms with Crippen LogP contribution < -0.4 is 0 Å². The van der Waals surface area contributed by atoms with Crippen LogP contribution in [0.15, 0.2) is 27.4 Å². The lowest BCUT2D eigenvalue weighted by Gasteiger charge is -2.02. The van der Waals surface area contributed by atoms with Crippen molar-refractivity contribution >= 4 is 21.6 Å². The molecule has 0 fully saturated rings. The average molecular weight is 173 g/mol. The highest BCUT2D eigenvalue weighted by molar-refractivity contribution is 8.79. The van der Waals surface area contributed by atoms with E-state index in [0.717, 1.165) is 0 Å². The molecule has 0 saturated carbocycles. The molecule has 0 spiro atoms. The van der Waals surface area contributed by atoms with Gasteiger partial charge in [-0.2, -0.15) is 0 Å². The molecule has 6 heteroatoms. The van der Waals surface area contributed by atoms with Crippen LogP contribution in [0.2, 0.25) is 0 Å². The number of nitrogens with zero attached hydrogens (tertiary/aromatic N) is 3. The van der Waals surface area contributed by atoms with Crippen LogP contribution in [0.1, 0.15) is 0 Å². The van der Waals surface area contributed by atoms with Gasteiger partial charge in [-0.15, -0.1) is 0 Å². The van der Waals surface area contributed by atoms with Gasteiger partial charge in [-0.3, -0.25) is 0 Å². The predicted molar refractivity (Wildman–Crippen MR) is 43.1 cm³/mol. The second kappa shape index (κ2) is 3.46. The van der Waals surface area contributed by atoms with E-state index in [9.17, 15) is 0 Å². The van der Waals surface area contributed by atoms with E-state index in [1.807, 2.05) is 0 Å². The molecule has 0 amide bonds. The number of allylic oxidation sites excluding steroid dienone is 2. The lowest BCUT2D eigenvalue weighted by atomic mass is 10.6. The van der Waals surface area contributed by atoms with Crippen molar-refractivity contribution in [3.05, 3.63) is 32.7 Å². The fourth-order valence-electron chi connectivity index (χ4n) is 0.378. The highest BCUT2D eigenvalue weighted by Gasteiger charge is 2.03. The van der Waals surface area contributed by atoms with Gasteiger partial charge in [0.05, 0.1) is 5.03 Å². The summed E-state index contributed by atoms with van der Waals surface area (Å²) in [7, 11) is 2.40. The maximum Gasteiger partial charge on any atom is 0.161 e. The van der Waals surface area contributed by atoms with E-state index in [1.165, 1.54) is 27.7 Å². The Kier molecular flexibility index (Phi) is 2.56. The second-order valence-electron chi connectivity index (χ2n) is 1.37. The molecular weight excluding hydrogens is 170 g/mol. The Bertz CT molecular complexity index is 241. The Balaban J connectivity index is 2.73. The van der Waals surface area contributed by atoms with E-state index in [4.69, 9.17) is 10.6 Å². The van der Waals surface area contributed by atoms with E-state index in [0.29, 0.717) is 5.03 Å². The molecule has 0 bridgehead atoms. The van der Waals surface area contributed by atoms with Gasteiger partial charge in [0.25, 0.3) is 0 Å². The maximum absolute atomic E-state index is 8.82. The molecule has 52 valence electrons. The molecule has 1 aliphatic heterocycles. The topological polar surface area (TPSA) is 69.0 Å². The minimum Gasteiger partial charge on any atom is -0.502 e.